The smallest absolute Gasteiger partial charge is 0.252 e. The molecule has 1 atom stereocenters. The van der Waals surface area contributed by atoms with Crippen molar-refractivity contribution in [3.05, 3.63) is 57.5 Å². The topological polar surface area (TPSA) is 78.1 Å². The summed E-state index contributed by atoms with van der Waals surface area (Å²) in [4.78, 5) is 33.1. The molecule has 1 aliphatic heterocycles. The van der Waals surface area contributed by atoms with Crippen LogP contribution in [0.5, 0.6) is 0 Å². The van der Waals surface area contributed by atoms with E-state index in [1.165, 1.54) is 11.1 Å². The minimum Gasteiger partial charge on any atom is -0.349 e. The minimum absolute atomic E-state index is 0.135. The predicted octanol–water partition coefficient (Wildman–Crippen LogP) is 2.81. The number of H-pyrrole nitrogens is 1. The van der Waals surface area contributed by atoms with Crippen molar-refractivity contribution in [3.8, 4) is 0 Å². The van der Waals surface area contributed by atoms with Crippen LogP contribution in [0.25, 0.3) is 0 Å². The Hall–Kier alpha value is -2.63. The highest BCUT2D eigenvalue weighted by Crippen LogP contribution is 2.31. The summed E-state index contributed by atoms with van der Waals surface area (Å²) in [6.07, 6.45) is 6.41. The van der Waals surface area contributed by atoms with E-state index < -0.39 is 0 Å². The van der Waals surface area contributed by atoms with E-state index in [-0.39, 0.29) is 17.5 Å². The lowest BCUT2D eigenvalue weighted by Gasteiger charge is -2.26. The van der Waals surface area contributed by atoms with Crippen LogP contribution in [0.15, 0.2) is 35.1 Å². The third-order valence-electron chi connectivity index (χ3n) is 5.51. The van der Waals surface area contributed by atoms with Gasteiger partial charge in [0.15, 0.2) is 0 Å². The highest BCUT2D eigenvalue weighted by atomic mass is 16.2. The maximum atomic E-state index is 12.1. The van der Waals surface area contributed by atoms with Crippen LogP contribution in [0.4, 0.5) is 5.95 Å². The molecule has 2 aliphatic rings. The second-order valence-corrected chi connectivity index (χ2v) is 7.46. The summed E-state index contributed by atoms with van der Waals surface area (Å²) in [5.74, 6) is 0.781. The number of rotatable bonds is 6. The van der Waals surface area contributed by atoms with Crippen LogP contribution >= 0.6 is 0 Å². The lowest BCUT2D eigenvalue weighted by molar-refractivity contribution is -0.127. The molecule has 6 nitrogen and oxygen atoms in total. The molecule has 1 saturated heterocycles. The van der Waals surface area contributed by atoms with Crippen LogP contribution in [0.2, 0.25) is 0 Å². The van der Waals surface area contributed by atoms with Gasteiger partial charge in [-0.1, -0.05) is 24.3 Å². The van der Waals surface area contributed by atoms with E-state index in [0.29, 0.717) is 18.8 Å². The number of benzene rings is 1. The van der Waals surface area contributed by atoms with E-state index in [2.05, 4.69) is 39.6 Å². The van der Waals surface area contributed by atoms with Gasteiger partial charge in [-0.05, 0) is 49.7 Å². The summed E-state index contributed by atoms with van der Waals surface area (Å²) in [5.41, 5.74) is 3.31. The molecule has 1 aromatic heterocycles. The SMILES string of the molecule is O=C1CCCN1CCCc1cc(=O)[nH]c(NC2CCCc3ccccc32)n1. The molecule has 2 aromatic rings. The quantitative estimate of drug-likeness (QED) is 0.824. The van der Waals surface area contributed by atoms with Gasteiger partial charge in [-0.15, -0.1) is 0 Å². The Bertz CT molecular complexity index is 876. The third kappa shape index (κ3) is 4.21. The maximum Gasteiger partial charge on any atom is 0.252 e. The molecule has 2 N–H and O–H groups in total. The molecule has 0 spiro atoms. The fraction of sp³-hybridized carbons (Fsp3) is 0.476. The zero-order chi connectivity index (χ0) is 18.6. The number of fused-ring (bicyclic) bond motifs is 1. The van der Waals surface area contributed by atoms with E-state index in [9.17, 15) is 9.59 Å². The number of hydrogen-bond acceptors (Lipinski definition) is 4. The monoisotopic (exact) mass is 366 g/mol. The standard InChI is InChI=1S/C21H26N4O2/c26-19-14-16(8-4-12-25-13-5-11-20(25)27)22-21(24-19)23-18-10-3-7-15-6-1-2-9-17(15)18/h1-2,6,9,14,18H,3-5,7-8,10-13H2,(H2,22,23,24,26). The van der Waals surface area contributed by atoms with Crippen LogP contribution in [-0.4, -0.2) is 33.9 Å². The number of aryl methyl sites for hydroxylation is 2. The Morgan fingerprint density at radius 3 is 2.93 bits per heavy atom. The van der Waals surface area contributed by atoms with Crippen molar-refractivity contribution in [1.82, 2.24) is 14.9 Å². The number of hydrogen-bond donors (Lipinski definition) is 2. The third-order valence-corrected chi connectivity index (χ3v) is 5.51. The molecule has 0 saturated carbocycles. The number of amides is 1. The second-order valence-electron chi connectivity index (χ2n) is 7.46. The molecule has 1 unspecified atom stereocenters. The number of carbonyl (C=O) groups excluding carboxylic acids is 1. The van der Waals surface area contributed by atoms with E-state index in [1.54, 1.807) is 6.07 Å². The lowest BCUT2D eigenvalue weighted by Crippen LogP contribution is -2.26. The fourth-order valence-electron chi connectivity index (χ4n) is 4.16. The zero-order valence-corrected chi connectivity index (χ0v) is 15.5. The molecule has 6 heteroatoms. The molecule has 4 rings (SSSR count). The van der Waals surface area contributed by atoms with Gasteiger partial charge < -0.3 is 10.2 Å². The number of nitrogens with one attached hydrogen (secondary N) is 2. The Kier molecular flexibility index (Phi) is 5.23. The van der Waals surface area contributed by atoms with Gasteiger partial charge in [-0.25, -0.2) is 4.98 Å². The van der Waals surface area contributed by atoms with Gasteiger partial charge in [0.2, 0.25) is 11.9 Å². The first-order chi connectivity index (χ1) is 13.2. The minimum atomic E-state index is -0.135. The number of aromatic nitrogens is 2. The summed E-state index contributed by atoms with van der Waals surface area (Å²) < 4.78 is 0. The predicted molar refractivity (Wildman–Crippen MR) is 105 cm³/mol. The molecule has 0 bridgehead atoms. The van der Waals surface area contributed by atoms with Crippen molar-refractivity contribution >= 4 is 11.9 Å². The zero-order valence-electron chi connectivity index (χ0n) is 15.5. The largest absolute Gasteiger partial charge is 0.349 e. The Morgan fingerprint density at radius 1 is 1.19 bits per heavy atom. The van der Waals surface area contributed by atoms with E-state index in [4.69, 9.17) is 0 Å². The van der Waals surface area contributed by atoms with Gasteiger partial charge in [0.25, 0.3) is 5.56 Å². The van der Waals surface area contributed by atoms with Crippen molar-refractivity contribution in [2.75, 3.05) is 18.4 Å². The van der Waals surface area contributed by atoms with Gasteiger partial charge in [-0.2, -0.15) is 0 Å². The fourth-order valence-corrected chi connectivity index (χ4v) is 4.16. The molecular formula is C21H26N4O2. The highest BCUT2D eigenvalue weighted by molar-refractivity contribution is 5.77. The van der Waals surface area contributed by atoms with Gasteiger partial charge in [0.05, 0.1) is 6.04 Å². The molecule has 1 fully saturated rings. The Morgan fingerprint density at radius 2 is 2.07 bits per heavy atom. The van der Waals surface area contributed by atoms with Crippen LogP contribution < -0.4 is 10.9 Å². The number of nitrogens with zero attached hydrogens (tertiary/aromatic N) is 2. The van der Waals surface area contributed by atoms with E-state index in [0.717, 1.165) is 50.9 Å². The van der Waals surface area contributed by atoms with Crippen molar-refractivity contribution < 1.29 is 4.79 Å². The molecule has 0 radical (unpaired) electrons. The highest BCUT2D eigenvalue weighted by Gasteiger charge is 2.21. The maximum absolute atomic E-state index is 12.1. The van der Waals surface area contributed by atoms with Gasteiger partial charge >= 0.3 is 0 Å². The van der Waals surface area contributed by atoms with Gasteiger partial charge in [0.1, 0.15) is 0 Å². The number of aromatic amines is 1. The molecule has 2 heterocycles. The van der Waals surface area contributed by atoms with Gasteiger partial charge in [-0.3, -0.25) is 14.6 Å². The van der Waals surface area contributed by atoms with Crippen molar-refractivity contribution in [2.45, 2.75) is 51.0 Å². The van der Waals surface area contributed by atoms with Crippen molar-refractivity contribution in [2.24, 2.45) is 0 Å². The molecule has 142 valence electrons. The lowest BCUT2D eigenvalue weighted by atomic mass is 9.88. The number of anilines is 1. The summed E-state index contributed by atoms with van der Waals surface area (Å²) in [5, 5.41) is 3.43. The summed E-state index contributed by atoms with van der Waals surface area (Å²) in [7, 11) is 0. The summed E-state index contributed by atoms with van der Waals surface area (Å²) >= 11 is 0. The first kappa shape index (κ1) is 17.8. The van der Waals surface area contributed by atoms with Crippen LogP contribution in [0.3, 0.4) is 0 Å². The Balaban J connectivity index is 1.42. The number of likely N-dealkylation sites (tertiary alicyclic amines) is 1. The second kappa shape index (κ2) is 7.94. The Labute approximate surface area is 159 Å². The molecule has 1 aromatic carbocycles. The van der Waals surface area contributed by atoms with Gasteiger partial charge in [0, 0.05) is 31.3 Å². The summed E-state index contributed by atoms with van der Waals surface area (Å²) in [6.45, 7) is 1.60. The van der Waals surface area contributed by atoms with Crippen molar-refractivity contribution in [3.63, 3.8) is 0 Å². The first-order valence-corrected chi connectivity index (χ1v) is 9.91. The first-order valence-electron chi connectivity index (χ1n) is 9.91. The van der Waals surface area contributed by atoms with Crippen LogP contribution in [0, 0.1) is 0 Å². The average Bonchev–Trinajstić information content (AvgIpc) is 3.07. The number of carbonyl (C=O) groups is 1. The van der Waals surface area contributed by atoms with Crippen LogP contribution in [0.1, 0.15) is 55.0 Å². The van der Waals surface area contributed by atoms with Crippen LogP contribution in [-0.2, 0) is 17.6 Å². The summed E-state index contributed by atoms with van der Waals surface area (Å²) in [6, 6.07) is 10.2. The molecular weight excluding hydrogens is 340 g/mol. The molecule has 1 aliphatic carbocycles. The van der Waals surface area contributed by atoms with E-state index >= 15 is 0 Å². The molecule has 1 amide bonds. The van der Waals surface area contributed by atoms with Crippen molar-refractivity contribution in [1.29, 1.82) is 0 Å². The normalized spacial score (nSPS) is 19.2. The average molecular weight is 366 g/mol. The molecule has 27 heavy (non-hydrogen) atoms. The van der Waals surface area contributed by atoms with E-state index in [1.807, 2.05) is 4.90 Å².